The SMILES string of the molecule is O=C(Nc1ccnc(C(F)(F)F)c1)c1cnn(-c2cccc3nccn23)c1C(F)(F)F. The Morgan fingerprint density at radius 3 is 2.45 bits per heavy atom. The first-order chi connectivity index (χ1) is 14.6. The predicted molar refractivity (Wildman–Crippen MR) is 94.5 cm³/mol. The van der Waals surface area contributed by atoms with E-state index in [0.717, 1.165) is 12.3 Å². The van der Waals surface area contributed by atoms with Crippen LogP contribution in [0, 0.1) is 0 Å². The van der Waals surface area contributed by atoms with Crippen molar-refractivity contribution in [2.45, 2.75) is 12.4 Å². The van der Waals surface area contributed by atoms with E-state index in [2.05, 4.69) is 15.1 Å². The number of rotatable bonds is 3. The molecule has 31 heavy (non-hydrogen) atoms. The number of pyridine rings is 2. The summed E-state index contributed by atoms with van der Waals surface area (Å²) in [5.41, 5.74) is -3.58. The molecule has 0 saturated heterocycles. The maximum Gasteiger partial charge on any atom is 0.434 e. The monoisotopic (exact) mass is 440 g/mol. The number of alkyl halides is 6. The van der Waals surface area contributed by atoms with Gasteiger partial charge in [0.05, 0.1) is 11.8 Å². The first-order valence-electron chi connectivity index (χ1n) is 8.48. The van der Waals surface area contributed by atoms with Crippen molar-refractivity contribution in [3.63, 3.8) is 0 Å². The van der Waals surface area contributed by atoms with Crippen LogP contribution >= 0.6 is 0 Å². The lowest BCUT2D eigenvalue weighted by Crippen LogP contribution is -2.21. The lowest BCUT2D eigenvalue weighted by molar-refractivity contribution is -0.143. The number of hydrogen-bond donors (Lipinski definition) is 1. The van der Waals surface area contributed by atoms with Gasteiger partial charge in [-0.05, 0) is 24.3 Å². The largest absolute Gasteiger partial charge is 0.434 e. The third-order valence-electron chi connectivity index (χ3n) is 4.21. The summed E-state index contributed by atoms with van der Waals surface area (Å²) in [4.78, 5) is 19.6. The zero-order valence-corrected chi connectivity index (χ0v) is 15.1. The summed E-state index contributed by atoms with van der Waals surface area (Å²) < 4.78 is 81.8. The highest BCUT2D eigenvalue weighted by molar-refractivity contribution is 6.05. The molecule has 0 spiro atoms. The summed E-state index contributed by atoms with van der Waals surface area (Å²) in [6.07, 6.45) is -5.51. The maximum absolute atomic E-state index is 13.8. The summed E-state index contributed by atoms with van der Waals surface area (Å²) >= 11 is 0. The number of amides is 1. The topological polar surface area (TPSA) is 77.1 Å². The minimum absolute atomic E-state index is 0.0374. The van der Waals surface area contributed by atoms with Crippen LogP contribution in [0.25, 0.3) is 11.5 Å². The van der Waals surface area contributed by atoms with Gasteiger partial charge in [-0.15, -0.1) is 0 Å². The number of imidazole rings is 1. The van der Waals surface area contributed by atoms with E-state index in [1.54, 1.807) is 6.07 Å². The second-order valence-corrected chi connectivity index (χ2v) is 6.24. The Labute approximate surface area is 169 Å². The number of aromatic nitrogens is 5. The van der Waals surface area contributed by atoms with E-state index in [9.17, 15) is 31.1 Å². The molecule has 13 heteroatoms. The van der Waals surface area contributed by atoms with Crippen LogP contribution in [-0.2, 0) is 12.4 Å². The lowest BCUT2D eigenvalue weighted by atomic mass is 10.2. The molecule has 0 aliphatic rings. The van der Waals surface area contributed by atoms with Crippen LogP contribution in [0.5, 0.6) is 0 Å². The van der Waals surface area contributed by atoms with Crippen LogP contribution in [0.2, 0.25) is 0 Å². The van der Waals surface area contributed by atoms with E-state index in [-0.39, 0.29) is 11.5 Å². The standard InChI is InChI=1S/C18H10F6N6O/c19-17(20,21)12-8-10(4-5-25-12)28-16(31)11-9-27-30(15(11)18(22,23)24)14-3-1-2-13-26-6-7-29(13)14/h1-9H,(H,25,28,31). The van der Waals surface area contributed by atoms with Crippen LogP contribution in [-0.4, -0.2) is 30.1 Å². The number of nitrogens with one attached hydrogen (secondary N) is 1. The first kappa shape index (κ1) is 20.4. The normalized spacial score (nSPS) is 12.3. The summed E-state index contributed by atoms with van der Waals surface area (Å²) in [7, 11) is 0. The van der Waals surface area contributed by atoms with E-state index >= 15 is 0 Å². The predicted octanol–water partition coefficient (Wildman–Crippen LogP) is 4.20. The van der Waals surface area contributed by atoms with Gasteiger partial charge >= 0.3 is 12.4 Å². The number of anilines is 1. The average Bonchev–Trinajstić information content (AvgIpc) is 3.34. The molecule has 0 bridgehead atoms. The quantitative estimate of drug-likeness (QED) is 0.485. The van der Waals surface area contributed by atoms with Gasteiger partial charge in [-0.3, -0.25) is 14.2 Å². The van der Waals surface area contributed by atoms with E-state index in [4.69, 9.17) is 0 Å². The van der Waals surface area contributed by atoms with Gasteiger partial charge in [0.1, 0.15) is 17.2 Å². The summed E-state index contributed by atoms with van der Waals surface area (Å²) in [5.74, 6) is -1.32. The molecule has 0 unspecified atom stereocenters. The van der Waals surface area contributed by atoms with Gasteiger partial charge < -0.3 is 5.32 Å². The Morgan fingerprint density at radius 1 is 0.968 bits per heavy atom. The summed E-state index contributed by atoms with van der Waals surface area (Å²) in [5, 5.41) is 5.73. The molecule has 0 fully saturated rings. The van der Waals surface area contributed by atoms with Gasteiger partial charge in [0.15, 0.2) is 5.69 Å². The molecule has 0 radical (unpaired) electrons. The van der Waals surface area contributed by atoms with E-state index in [0.29, 0.717) is 22.6 Å². The van der Waals surface area contributed by atoms with Crippen molar-refractivity contribution in [1.82, 2.24) is 24.1 Å². The molecule has 1 amide bonds. The second-order valence-electron chi connectivity index (χ2n) is 6.24. The highest BCUT2D eigenvalue weighted by Gasteiger charge is 2.41. The van der Waals surface area contributed by atoms with Crippen molar-refractivity contribution in [3.05, 3.63) is 72.1 Å². The van der Waals surface area contributed by atoms with Crippen molar-refractivity contribution in [1.29, 1.82) is 0 Å². The van der Waals surface area contributed by atoms with Crippen LogP contribution in [0.1, 0.15) is 21.7 Å². The van der Waals surface area contributed by atoms with Crippen molar-refractivity contribution < 1.29 is 31.1 Å². The average molecular weight is 440 g/mol. The molecule has 0 aromatic carbocycles. The van der Waals surface area contributed by atoms with E-state index in [1.165, 1.54) is 28.9 Å². The zero-order valence-electron chi connectivity index (χ0n) is 15.1. The first-order valence-corrected chi connectivity index (χ1v) is 8.48. The minimum Gasteiger partial charge on any atom is -0.322 e. The van der Waals surface area contributed by atoms with Crippen LogP contribution in [0.15, 0.2) is 55.1 Å². The fourth-order valence-corrected chi connectivity index (χ4v) is 2.93. The van der Waals surface area contributed by atoms with Crippen LogP contribution < -0.4 is 5.32 Å². The van der Waals surface area contributed by atoms with Gasteiger partial charge in [0.2, 0.25) is 0 Å². The molecule has 4 rings (SSSR count). The van der Waals surface area contributed by atoms with Gasteiger partial charge in [-0.2, -0.15) is 31.4 Å². The molecule has 0 atom stereocenters. The number of nitrogens with zero attached hydrogens (tertiary/aromatic N) is 5. The smallest absolute Gasteiger partial charge is 0.322 e. The molecular formula is C18H10F6N6O. The number of fused-ring (bicyclic) bond motifs is 1. The van der Waals surface area contributed by atoms with Gasteiger partial charge in [0, 0.05) is 24.3 Å². The molecule has 0 aliphatic heterocycles. The van der Waals surface area contributed by atoms with Gasteiger partial charge in [-0.25, -0.2) is 9.67 Å². The number of halogens is 6. The molecular weight excluding hydrogens is 430 g/mol. The third-order valence-corrected chi connectivity index (χ3v) is 4.21. The molecule has 4 heterocycles. The molecule has 7 nitrogen and oxygen atoms in total. The van der Waals surface area contributed by atoms with Crippen LogP contribution in [0.4, 0.5) is 32.0 Å². The Balaban J connectivity index is 1.76. The van der Waals surface area contributed by atoms with Crippen molar-refractivity contribution in [2.24, 2.45) is 0 Å². The third kappa shape index (κ3) is 3.81. The van der Waals surface area contributed by atoms with E-state index in [1.807, 2.05) is 5.32 Å². The molecule has 4 aromatic heterocycles. The highest BCUT2D eigenvalue weighted by Crippen LogP contribution is 2.34. The number of hydrogen-bond acceptors (Lipinski definition) is 4. The molecule has 160 valence electrons. The van der Waals surface area contributed by atoms with Crippen molar-refractivity contribution in [2.75, 3.05) is 5.32 Å². The Kier molecular flexibility index (Phi) is 4.67. The Hall–Kier alpha value is -3.90. The maximum atomic E-state index is 13.8. The van der Waals surface area contributed by atoms with Crippen molar-refractivity contribution >= 4 is 17.2 Å². The fourth-order valence-electron chi connectivity index (χ4n) is 2.93. The Morgan fingerprint density at radius 2 is 1.74 bits per heavy atom. The summed E-state index contributed by atoms with van der Waals surface area (Å²) in [6, 6.07) is 5.92. The second kappa shape index (κ2) is 7.11. The van der Waals surface area contributed by atoms with Gasteiger partial charge in [0.25, 0.3) is 5.91 Å². The summed E-state index contributed by atoms with van der Waals surface area (Å²) in [6.45, 7) is 0. The minimum atomic E-state index is -5.00. The van der Waals surface area contributed by atoms with Crippen LogP contribution in [0.3, 0.4) is 0 Å². The number of carbonyl (C=O) groups excluding carboxylic acids is 1. The van der Waals surface area contributed by atoms with E-state index < -0.39 is 35.2 Å². The molecule has 0 saturated carbocycles. The molecule has 0 aliphatic carbocycles. The fraction of sp³-hybridized carbons (Fsp3) is 0.111. The molecule has 4 aromatic rings. The highest BCUT2D eigenvalue weighted by atomic mass is 19.4. The Bertz CT molecular complexity index is 1270. The zero-order chi connectivity index (χ0) is 22.4. The molecule has 1 N–H and O–H groups in total. The van der Waals surface area contributed by atoms with Crippen molar-refractivity contribution in [3.8, 4) is 5.82 Å². The van der Waals surface area contributed by atoms with Gasteiger partial charge in [-0.1, -0.05) is 6.07 Å². The number of carbonyl (C=O) groups is 1. The lowest BCUT2D eigenvalue weighted by Gasteiger charge is -2.14.